The molecule has 0 unspecified atom stereocenters. The van der Waals surface area contributed by atoms with E-state index in [1.807, 2.05) is 12.2 Å². The van der Waals surface area contributed by atoms with Gasteiger partial charge in [0.2, 0.25) is 0 Å². The summed E-state index contributed by atoms with van der Waals surface area (Å²) in [5.74, 6) is 0. The molecule has 0 N–H and O–H groups in total. The Hall–Kier alpha value is -1.30. The molecule has 0 nitrogen and oxygen atoms in total. The predicted molar refractivity (Wildman–Crippen MR) is 80.1 cm³/mol. The van der Waals surface area contributed by atoms with Gasteiger partial charge in [-0.1, -0.05) is 93.9 Å². The minimum absolute atomic E-state index is 1.16. The first kappa shape index (κ1) is 15.7. The van der Waals surface area contributed by atoms with Gasteiger partial charge in [-0.05, 0) is 12.8 Å². The molecule has 0 aromatic heterocycles. The van der Waals surface area contributed by atoms with E-state index in [0.717, 1.165) is 6.42 Å². The number of hydrogen-bond donors (Lipinski definition) is 0. The van der Waals surface area contributed by atoms with Gasteiger partial charge in [0.1, 0.15) is 0 Å². The average molecular weight is 230 g/mol. The zero-order chi connectivity index (χ0) is 12.6. The lowest BCUT2D eigenvalue weighted by molar-refractivity contribution is 0.815. The molecule has 0 bridgehead atoms. The van der Waals surface area contributed by atoms with Crippen molar-refractivity contribution in [2.24, 2.45) is 0 Å². The highest BCUT2D eigenvalue weighted by atomic mass is 13.8. The summed E-state index contributed by atoms with van der Waals surface area (Å²) in [6.45, 7) is 4.40. The molecule has 0 fully saturated rings. The van der Waals surface area contributed by atoms with Gasteiger partial charge in [0.15, 0.2) is 0 Å². The van der Waals surface area contributed by atoms with Gasteiger partial charge >= 0.3 is 0 Å². The van der Waals surface area contributed by atoms with Crippen LogP contribution in [0.5, 0.6) is 0 Å². The Labute approximate surface area is 107 Å². The van der Waals surface area contributed by atoms with Crippen molar-refractivity contribution in [3.05, 3.63) is 60.8 Å². The zero-order valence-electron chi connectivity index (χ0n) is 11.3. The van der Waals surface area contributed by atoms with E-state index in [-0.39, 0.29) is 0 Å². The predicted octanol–water partition coefficient (Wildman–Crippen LogP) is 5.76. The van der Waals surface area contributed by atoms with E-state index in [1.54, 1.807) is 0 Å². The molecule has 0 heteroatoms. The van der Waals surface area contributed by atoms with Gasteiger partial charge in [0.05, 0.1) is 0 Å². The van der Waals surface area contributed by atoms with Crippen molar-refractivity contribution in [2.45, 2.75) is 46.0 Å². The van der Waals surface area contributed by atoms with Crippen molar-refractivity contribution >= 4 is 0 Å². The third-order valence-electron chi connectivity index (χ3n) is 2.23. The molecule has 94 valence electrons. The summed E-state index contributed by atoms with van der Waals surface area (Å²) in [5.41, 5.74) is 0. The molecule has 0 aliphatic heterocycles. The van der Waals surface area contributed by atoms with Gasteiger partial charge in [0.25, 0.3) is 0 Å². The highest BCUT2D eigenvalue weighted by Gasteiger charge is 1.74. The minimum Gasteiger partial charge on any atom is -0.0845 e. The van der Waals surface area contributed by atoms with Crippen LogP contribution in [0.15, 0.2) is 60.8 Å². The van der Waals surface area contributed by atoms with Crippen molar-refractivity contribution in [1.29, 1.82) is 0 Å². The first-order valence-electron chi connectivity index (χ1n) is 6.73. The Kier molecular flexibility index (Phi) is 13.6. The Morgan fingerprint density at radius 2 is 1.00 bits per heavy atom. The highest BCUT2D eigenvalue weighted by molar-refractivity contribution is 5.17. The maximum absolute atomic E-state index is 2.22. The van der Waals surface area contributed by atoms with E-state index in [9.17, 15) is 0 Å². The molecule has 0 amide bonds. The Bertz CT molecular complexity index is 274. The monoisotopic (exact) mass is 230 g/mol. The fourth-order valence-corrected chi connectivity index (χ4v) is 1.22. The number of hydrogen-bond acceptors (Lipinski definition) is 0. The molecule has 0 aromatic carbocycles. The van der Waals surface area contributed by atoms with Crippen molar-refractivity contribution in [1.82, 2.24) is 0 Å². The maximum Gasteiger partial charge on any atom is -0.0348 e. The van der Waals surface area contributed by atoms with Gasteiger partial charge in [0, 0.05) is 0 Å². The van der Waals surface area contributed by atoms with E-state index in [4.69, 9.17) is 0 Å². The van der Waals surface area contributed by atoms with Gasteiger partial charge in [-0.2, -0.15) is 0 Å². The highest BCUT2D eigenvalue weighted by Crippen LogP contribution is 1.95. The maximum atomic E-state index is 2.22. The molecule has 0 saturated heterocycles. The smallest absolute Gasteiger partial charge is 0.0348 e. The average Bonchev–Trinajstić information content (AvgIpc) is 2.35. The SMILES string of the molecule is CCC/C=C/C=C/C=C/C=C/C=C/CCCC. The fourth-order valence-electron chi connectivity index (χ4n) is 1.22. The normalized spacial score (nSPS) is 13.3. The molecule has 0 aliphatic rings. The van der Waals surface area contributed by atoms with Crippen LogP contribution >= 0.6 is 0 Å². The van der Waals surface area contributed by atoms with Crippen LogP contribution in [0.25, 0.3) is 0 Å². The molecule has 17 heavy (non-hydrogen) atoms. The Balaban J connectivity index is 3.58. The van der Waals surface area contributed by atoms with Crippen LogP contribution in [-0.2, 0) is 0 Å². The number of unbranched alkanes of at least 4 members (excludes halogenated alkanes) is 3. The zero-order valence-corrected chi connectivity index (χ0v) is 11.3. The van der Waals surface area contributed by atoms with Gasteiger partial charge in [-0.3, -0.25) is 0 Å². The number of rotatable bonds is 9. The standard InChI is InChI=1S/C17H26/c1-3-5-7-9-11-13-15-17-16-14-12-10-8-6-4-2/h7,9-17H,3-6,8H2,1-2H3/b9-7+,12-10+,13-11+,16-14+,17-15+. The third kappa shape index (κ3) is 14.7. The summed E-state index contributed by atoms with van der Waals surface area (Å²) < 4.78 is 0. The van der Waals surface area contributed by atoms with Crippen LogP contribution in [0, 0.1) is 0 Å². The molecular formula is C17H26. The summed E-state index contributed by atoms with van der Waals surface area (Å²) in [6, 6.07) is 0. The molecule has 0 radical (unpaired) electrons. The topological polar surface area (TPSA) is 0 Å². The molecule has 0 aromatic rings. The van der Waals surface area contributed by atoms with E-state index in [2.05, 4.69) is 62.5 Å². The third-order valence-corrected chi connectivity index (χ3v) is 2.23. The quantitative estimate of drug-likeness (QED) is 0.349. The first-order chi connectivity index (χ1) is 8.41. The molecule has 0 rings (SSSR count). The number of allylic oxidation sites excluding steroid dienone is 10. The molecule has 0 heterocycles. The van der Waals surface area contributed by atoms with Crippen LogP contribution in [-0.4, -0.2) is 0 Å². The molecular weight excluding hydrogens is 204 g/mol. The molecule has 0 saturated carbocycles. The minimum atomic E-state index is 1.16. The van der Waals surface area contributed by atoms with Crippen molar-refractivity contribution in [3.8, 4) is 0 Å². The van der Waals surface area contributed by atoms with E-state index in [0.29, 0.717) is 0 Å². The van der Waals surface area contributed by atoms with Gasteiger partial charge < -0.3 is 0 Å². The van der Waals surface area contributed by atoms with Crippen molar-refractivity contribution in [3.63, 3.8) is 0 Å². The van der Waals surface area contributed by atoms with E-state index < -0.39 is 0 Å². The summed E-state index contributed by atoms with van der Waals surface area (Å²) in [7, 11) is 0. The van der Waals surface area contributed by atoms with Gasteiger partial charge in [-0.15, -0.1) is 0 Å². The molecule has 0 aliphatic carbocycles. The van der Waals surface area contributed by atoms with Crippen molar-refractivity contribution in [2.75, 3.05) is 0 Å². The summed E-state index contributed by atoms with van der Waals surface area (Å²) in [4.78, 5) is 0. The summed E-state index contributed by atoms with van der Waals surface area (Å²) in [5, 5.41) is 0. The Morgan fingerprint density at radius 3 is 1.47 bits per heavy atom. The fraction of sp³-hybridized carbons (Fsp3) is 0.412. The summed E-state index contributed by atoms with van der Waals surface area (Å²) in [6.07, 6.45) is 27.1. The van der Waals surface area contributed by atoms with Crippen LogP contribution in [0.3, 0.4) is 0 Å². The van der Waals surface area contributed by atoms with E-state index in [1.165, 1.54) is 25.7 Å². The molecule has 0 atom stereocenters. The second-order valence-electron chi connectivity index (χ2n) is 3.94. The first-order valence-corrected chi connectivity index (χ1v) is 6.73. The second-order valence-corrected chi connectivity index (χ2v) is 3.94. The van der Waals surface area contributed by atoms with Crippen molar-refractivity contribution < 1.29 is 0 Å². The Morgan fingerprint density at radius 1 is 0.529 bits per heavy atom. The van der Waals surface area contributed by atoms with Crippen LogP contribution in [0.4, 0.5) is 0 Å². The van der Waals surface area contributed by atoms with Crippen LogP contribution < -0.4 is 0 Å². The van der Waals surface area contributed by atoms with Crippen LogP contribution in [0.2, 0.25) is 0 Å². The summed E-state index contributed by atoms with van der Waals surface area (Å²) >= 11 is 0. The van der Waals surface area contributed by atoms with E-state index >= 15 is 0 Å². The largest absolute Gasteiger partial charge is 0.0845 e. The second kappa shape index (κ2) is 14.7. The lowest BCUT2D eigenvalue weighted by Gasteiger charge is -1.85. The van der Waals surface area contributed by atoms with Gasteiger partial charge in [-0.25, -0.2) is 0 Å². The molecule has 0 spiro atoms. The lowest BCUT2D eigenvalue weighted by Crippen LogP contribution is -1.64. The lowest BCUT2D eigenvalue weighted by atomic mass is 10.2. The van der Waals surface area contributed by atoms with Crippen LogP contribution in [0.1, 0.15) is 46.0 Å².